The Morgan fingerprint density at radius 1 is 1.21 bits per heavy atom. The SMILES string of the molecule is C=CC(=[18O])N1CCN(c2nc(=O)n(-c3c(C)ccnc3C(C)C)c3nc(-c4ccccc4C=O)c(Cl)cc23)[C@@H](CC)C1. The van der Waals surface area contributed by atoms with E-state index in [1.807, 2.05) is 39.8 Å². The van der Waals surface area contributed by atoms with Crippen LogP contribution in [0.15, 0.2) is 60.0 Å². The number of carbonyl (C=O) groups is 2. The normalized spacial score (nSPS) is 15.3. The summed E-state index contributed by atoms with van der Waals surface area (Å²) in [6.07, 6.45) is 4.54. The summed E-state index contributed by atoms with van der Waals surface area (Å²) in [6, 6.07) is 10.6. The van der Waals surface area contributed by atoms with Gasteiger partial charge in [-0.1, -0.05) is 63.2 Å². The summed E-state index contributed by atoms with van der Waals surface area (Å²) < 4.78 is 1.51. The third kappa shape index (κ3) is 5.09. The summed E-state index contributed by atoms with van der Waals surface area (Å²) in [5.41, 5.74) is 3.46. The van der Waals surface area contributed by atoms with Crippen LogP contribution in [0, 0.1) is 6.92 Å². The molecule has 1 atom stereocenters. The molecule has 5 rings (SSSR count). The topological polar surface area (TPSA) is 101 Å². The molecular weight excluding hydrogens is 554 g/mol. The lowest BCUT2D eigenvalue weighted by atomic mass is 10.0. The van der Waals surface area contributed by atoms with E-state index in [9.17, 15) is 14.4 Å². The molecule has 0 radical (unpaired) electrons. The van der Waals surface area contributed by atoms with Crippen molar-refractivity contribution in [1.82, 2.24) is 24.4 Å². The maximum Gasteiger partial charge on any atom is 0.355 e. The summed E-state index contributed by atoms with van der Waals surface area (Å²) in [6.45, 7) is 13.0. The fourth-order valence-corrected chi connectivity index (χ4v) is 5.88. The van der Waals surface area contributed by atoms with Crippen LogP contribution in [-0.2, 0) is 4.79 Å². The number of rotatable bonds is 7. The summed E-state index contributed by atoms with van der Waals surface area (Å²) in [5, 5.41) is 0.914. The molecule has 216 valence electrons. The van der Waals surface area contributed by atoms with Crippen molar-refractivity contribution < 1.29 is 9.59 Å². The van der Waals surface area contributed by atoms with E-state index in [0.29, 0.717) is 64.0 Å². The van der Waals surface area contributed by atoms with Gasteiger partial charge in [0.1, 0.15) is 5.82 Å². The molecule has 3 aromatic heterocycles. The van der Waals surface area contributed by atoms with Crippen LogP contribution in [-0.4, -0.2) is 62.3 Å². The van der Waals surface area contributed by atoms with Crippen LogP contribution in [0.25, 0.3) is 28.0 Å². The van der Waals surface area contributed by atoms with Crippen molar-refractivity contribution in [2.24, 2.45) is 0 Å². The van der Waals surface area contributed by atoms with E-state index >= 15 is 0 Å². The van der Waals surface area contributed by atoms with Crippen LogP contribution in [0.2, 0.25) is 5.02 Å². The molecule has 1 fully saturated rings. The quantitative estimate of drug-likeness (QED) is 0.163. The number of carbonyl (C=O) groups excluding carboxylic acids is 2. The standard InChI is InChI=1S/C32H33ClN6O3/c1-6-22-17-37(26(41)7-2)14-15-38(22)30-24-16-25(33)28(23-11-9-8-10-21(23)18-40)35-31(24)39(32(42)36-30)29-20(5)12-13-34-27(29)19(3)4/h7-13,16,18-19,22H,2,6,14-15,17H2,1,3-5H3/t22-/m0/s1/i41+2. The lowest BCUT2D eigenvalue weighted by Gasteiger charge is -2.42. The van der Waals surface area contributed by atoms with E-state index in [4.69, 9.17) is 16.6 Å². The predicted octanol–water partition coefficient (Wildman–Crippen LogP) is 5.35. The average Bonchev–Trinajstić information content (AvgIpc) is 3.00. The number of hydrogen-bond donors (Lipinski definition) is 0. The lowest BCUT2D eigenvalue weighted by molar-refractivity contribution is -0.126. The first-order valence-electron chi connectivity index (χ1n) is 14.0. The maximum absolute atomic E-state index is 14.1. The van der Waals surface area contributed by atoms with Crippen LogP contribution < -0.4 is 10.6 Å². The van der Waals surface area contributed by atoms with Crippen molar-refractivity contribution in [1.29, 1.82) is 0 Å². The van der Waals surface area contributed by atoms with Crippen molar-refractivity contribution in [3.8, 4) is 16.9 Å². The zero-order valence-electron chi connectivity index (χ0n) is 24.2. The van der Waals surface area contributed by atoms with Gasteiger partial charge in [-0.05, 0) is 43.0 Å². The minimum Gasteiger partial charge on any atom is -0.349 e. The molecule has 4 aromatic rings. The van der Waals surface area contributed by atoms with Crippen LogP contribution in [0.1, 0.15) is 54.7 Å². The zero-order chi connectivity index (χ0) is 30.1. The number of aromatic nitrogens is 4. The Hall–Kier alpha value is -4.37. The molecule has 0 bridgehead atoms. The first-order chi connectivity index (χ1) is 20.2. The van der Waals surface area contributed by atoms with Gasteiger partial charge in [0, 0.05) is 43.0 Å². The Bertz CT molecular complexity index is 1770. The molecule has 9 nitrogen and oxygen atoms in total. The molecule has 1 saturated heterocycles. The maximum atomic E-state index is 14.1. The van der Waals surface area contributed by atoms with Gasteiger partial charge in [-0.2, -0.15) is 4.98 Å². The number of pyridine rings is 2. The molecular formula is C32H33ClN6O3. The molecule has 4 heterocycles. The molecule has 0 aliphatic carbocycles. The molecule has 10 heteroatoms. The second-order valence-electron chi connectivity index (χ2n) is 10.7. The van der Waals surface area contributed by atoms with Gasteiger partial charge in [0.05, 0.1) is 27.5 Å². The Balaban J connectivity index is 1.83. The highest BCUT2D eigenvalue weighted by atomic mass is 35.5. The van der Waals surface area contributed by atoms with E-state index in [0.717, 1.165) is 24.0 Å². The highest BCUT2D eigenvalue weighted by Crippen LogP contribution is 2.36. The van der Waals surface area contributed by atoms with Gasteiger partial charge in [0.25, 0.3) is 0 Å². The number of aryl methyl sites for hydroxylation is 1. The molecule has 0 N–H and O–H groups in total. The summed E-state index contributed by atoms with van der Waals surface area (Å²) >= 11 is 6.89. The molecule has 1 aliphatic rings. The third-order valence-corrected chi connectivity index (χ3v) is 8.07. The number of amides is 1. The smallest absolute Gasteiger partial charge is 0.349 e. The van der Waals surface area contributed by atoms with Crippen LogP contribution in [0.3, 0.4) is 0 Å². The summed E-state index contributed by atoms with van der Waals surface area (Å²) in [5.74, 6) is 0.350. The Kier molecular flexibility index (Phi) is 8.22. The van der Waals surface area contributed by atoms with Crippen molar-refractivity contribution in [3.63, 3.8) is 0 Å². The van der Waals surface area contributed by atoms with Crippen molar-refractivity contribution >= 4 is 40.6 Å². The van der Waals surface area contributed by atoms with Crippen molar-refractivity contribution in [2.75, 3.05) is 24.5 Å². The molecule has 42 heavy (non-hydrogen) atoms. The van der Waals surface area contributed by atoms with E-state index in [2.05, 4.69) is 21.4 Å². The van der Waals surface area contributed by atoms with Gasteiger partial charge < -0.3 is 9.80 Å². The highest BCUT2D eigenvalue weighted by Gasteiger charge is 2.31. The highest BCUT2D eigenvalue weighted by molar-refractivity contribution is 6.34. The van der Waals surface area contributed by atoms with Gasteiger partial charge in [-0.3, -0.25) is 14.6 Å². The third-order valence-electron chi connectivity index (χ3n) is 7.78. The second kappa shape index (κ2) is 11.9. The first-order valence-corrected chi connectivity index (χ1v) is 14.4. The monoisotopic (exact) mass is 586 g/mol. The molecule has 0 spiro atoms. The van der Waals surface area contributed by atoms with Gasteiger partial charge >= 0.3 is 5.69 Å². The molecule has 1 amide bonds. The number of benzene rings is 1. The second-order valence-corrected chi connectivity index (χ2v) is 11.1. The predicted molar refractivity (Wildman–Crippen MR) is 166 cm³/mol. The summed E-state index contributed by atoms with van der Waals surface area (Å²) in [4.78, 5) is 56.5. The Labute approximate surface area is 249 Å². The molecule has 0 saturated carbocycles. The number of aldehydes is 1. The van der Waals surface area contributed by atoms with E-state index in [1.165, 1.54) is 10.6 Å². The molecule has 0 unspecified atom stereocenters. The van der Waals surface area contributed by atoms with Gasteiger partial charge in [0.15, 0.2) is 11.9 Å². The first kappa shape index (κ1) is 29.1. The average molecular weight is 587 g/mol. The van der Waals surface area contributed by atoms with Crippen molar-refractivity contribution in [2.45, 2.75) is 46.1 Å². The Morgan fingerprint density at radius 3 is 2.67 bits per heavy atom. The number of anilines is 1. The van der Waals surface area contributed by atoms with Gasteiger partial charge in [-0.15, -0.1) is 0 Å². The number of halogens is 1. The van der Waals surface area contributed by atoms with Crippen LogP contribution in [0.4, 0.5) is 5.82 Å². The lowest BCUT2D eigenvalue weighted by Crippen LogP contribution is -2.55. The fraction of sp³-hybridized carbons (Fsp3) is 0.312. The number of piperazine rings is 1. The van der Waals surface area contributed by atoms with Crippen LogP contribution in [0.5, 0.6) is 0 Å². The van der Waals surface area contributed by atoms with E-state index in [-0.39, 0.29) is 17.9 Å². The van der Waals surface area contributed by atoms with Gasteiger partial charge in [0.2, 0.25) is 5.91 Å². The number of fused-ring (bicyclic) bond motifs is 1. The van der Waals surface area contributed by atoms with Crippen LogP contribution >= 0.6 is 11.6 Å². The fourth-order valence-electron chi connectivity index (χ4n) is 5.63. The molecule has 1 aliphatic heterocycles. The van der Waals surface area contributed by atoms with E-state index in [1.54, 1.807) is 35.4 Å². The van der Waals surface area contributed by atoms with E-state index < -0.39 is 5.69 Å². The minimum atomic E-state index is -0.501. The summed E-state index contributed by atoms with van der Waals surface area (Å²) in [7, 11) is 0. The minimum absolute atomic E-state index is 0.0176. The number of hydrogen-bond acceptors (Lipinski definition) is 7. The Morgan fingerprint density at radius 2 is 1.98 bits per heavy atom. The molecule has 1 aromatic carbocycles. The number of nitrogens with zero attached hydrogens (tertiary/aromatic N) is 6. The zero-order valence-corrected chi connectivity index (χ0v) is 24.9. The van der Waals surface area contributed by atoms with Gasteiger partial charge in [-0.25, -0.2) is 14.3 Å². The van der Waals surface area contributed by atoms with Crippen molar-refractivity contribution in [3.05, 3.63) is 87.6 Å². The largest absolute Gasteiger partial charge is 0.355 e.